The smallest absolute Gasteiger partial charge is 0.254 e. The van der Waals surface area contributed by atoms with Gasteiger partial charge in [0.15, 0.2) is 0 Å². The van der Waals surface area contributed by atoms with E-state index in [0.717, 1.165) is 30.5 Å². The highest BCUT2D eigenvalue weighted by atomic mass is 16.1. The van der Waals surface area contributed by atoms with Gasteiger partial charge < -0.3 is 10.2 Å². The third kappa shape index (κ3) is 4.77. The van der Waals surface area contributed by atoms with Gasteiger partial charge in [0.05, 0.1) is 5.56 Å². The second-order valence-electron chi connectivity index (χ2n) is 5.66. The van der Waals surface area contributed by atoms with E-state index in [9.17, 15) is 4.79 Å². The summed E-state index contributed by atoms with van der Waals surface area (Å²) < 4.78 is 0. The van der Waals surface area contributed by atoms with Gasteiger partial charge in [-0.05, 0) is 24.5 Å². The van der Waals surface area contributed by atoms with Crippen molar-refractivity contribution in [1.29, 1.82) is 0 Å². The SMILES string of the molecule is CCCCN(C)c1ncc(C(=O)NCc2ccccc2C)cn1. The van der Waals surface area contributed by atoms with Gasteiger partial charge in [0.25, 0.3) is 5.91 Å². The fourth-order valence-corrected chi connectivity index (χ4v) is 2.22. The monoisotopic (exact) mass is 312 g/mol. The lowest BCUT2D eigenvalue weighted by atomic mass is 10.1. The molecule has 1 N–H and O–H groups in total. The summed E-state index contributed by atoms with van der Waals surface area (Å²) >= 11 is 0. The van der Waals surface area contributed by atoms with Crippen LogP contribution in [0.5, 0.6) is 0 Å². The van der Waals surface area contributed by atoms with Crippen LogP contribution in [0, 0.1) is 6.92 Å². The fourth-order valence-electron chi connectivity index (χ4n) is 2.22. The average Bonchev–Trinajstić information content (AvgIpc) is 2.59. The molecule has 1 amide bonds. The number of amides is 1. The molecule has 0 atom stereocenters. The molecule has 0 aliphatic rings. The minimum atomic E-state index is -0.156. The maximum atomic E-state index is 12.2. The average molecular weight is 312 g/mol. The van der Waals surface area contributed by atoms with Gasteiger partial charge in [-0.15, -0.1) is 0 Å². The lowest BCUT2D eigenvalue weighted by Crippen LogP contribution is -2.25. The molecule has 0 aliphatic heterocycles. The van der Waals surface area contributed by atoms with Crippen molar-refractivity contribution >= 4 is 11.9 Å². The molecule has 2 rings (SSSR count). The molecule has 1 aromatic carbocycles. The summed E-state index contributed by atoms with van der Waals surface area (Å²) in [5.41, 5.74) is 2.75. The van der Waals surface area contributed by atoms with Gasteiger partial charge in [-0.2, -0.15) is 0 Å². The van der Waals surface area contributed by atoms with E-state index in [4.69, 9.17) is 0 Å². The van der Waals surface area contributed by atoms with Crippen molar-refractivity contribution in [2.24, 2.45) is 0 Å². The number of nitrogens with zero attached hydrogens (tertiary/aromatic N) is 3. The predicted octanol–water partition coefficient (Wildman–Crippen LogP) is 2.95. The van der Waals surface area contributed by atoms with Crippen molar-refractivity contribution < 1.29 is 4.79 Å². The molecule has 0 radical (unpaired) electrons. The van der Waals surface area contributed by atoms with E-state index in [1.54, 1.807) is 12.4 Å². The zero-order valence-corrected chi connectivity index (χ0v) is 14.0. The van der Waals surface area contributed by atoms with Gasteiger partial charge >= 0.3 is 0 Å². The van der Waals surface area contributed by atoms with Crippen molar-refractivity contribution in [3.8, 4) is 0 Å². The normalized spacial score (nSPS) is 10.4. The number of hydrogen-bond acceptors (Lipinski definition) is 4. The molecule has 1 aromatic heterocycles. The van der Waals surface area contributed by atoms with Crippen LogP contribution in [-0.4, -0.2) is 29.5 Å². The number of unbranched alkanes of at least 4 members (excludes halogenated alkanes) is 1. The maximum absolute atomic E-state index is 12.2. The number of nitrogens with one attached hydrogen (secondary N) is 1. The van der Waals surface area contributed by atoms with Gasteiger partial charge in [0.2, 0.25) is 5.95 Å². The summed E-state index contributed by atoms with van der Waals surface area (Å²) in [7, 11) is 1.96. The lowest BCUT2D eigenvalue weighted by Gasteiger charge is -2.16. The van der Waals surface area contributed by atoms with Crippen LogP contribution in [0.2, 0.25) is 0 Å². The van der Waals surface area contributed by atoms with Crippen molar-refractivity contribution in [1.82, 2.24) is 15.3 Å². The largest absolute Gasteiger partial charge is 0.348 e. The van der Waals surface area contributed by atoms with E-state index in [-0.39, 0.29) is 5.91 Å². The summed E-state index contributed by atoms with van der Waals surface area (Å²) in [5, 5.41) is 2.91. The number of carbonyl (C=O) groups excluding carboxylic acids is 1. The number of benzene rings is 1. The summed E-state index contributed by atoms with van der Waals surface area (Å²) in [6, 6.07) is 8.00. The van der Waals surface area contributed by atoms with Gasteiger partial charge in [-0.25, -0.2) is 9.97 Å². The minimum absolute atomic E-state index is 0.156. The van der Waals surface area contributed by atoms with Crippen LogP contribution in [0.4, 0.5) is 5.95 Å². The third-order valence-corrected chi connectivity index (χ3v) is 3.79. The summed E-state index contributed by atoms with van der Waals surface area (Å²) in [4.78, 5) is 22.7. The van der Waals surface area contributed by atoms with Gasteiger partial charge in [-0.1, -0.05) is 37.6 Å². The van der Waals surface area contributed by atoms with Gasteiger partial charge in [-0.3, -0.25) is 4.79 Å². The molecule has 0 unspecified atom stereocenters. The number of aryl methyl sites for hydroxylation is 1. The number of anilines is 1. The quantitative estimate of drug-likeness (QED) is 0.854. The highest BCUT2D eigenvalue weighted by molar-refractivity contribution is 5.93. The second-order valence-corrected chi connectivity index (χ2v) is 5.66. The second kappa shape index (κ2) is 8.27. The van der Waals surface area contributed by atoms with Crippen LogP contribution in [0.3, 0.4) is 0 Å². The van der Waals surface area contributed by atoms with Gasteiger partial charge in [0, 0.05) is 32.5 Å². The Hall–Kier alpha value is -2.43. The van der Waals surface area contributed by atoms with E-state index in [1.165, 1.54) is 0 Å². The Morgan fingerprint density at radius 1 is 1.22 bits per heavy atom. The Morgan fingerprint density at radius 2 is 1.91 bits per heavy atom. The summed E-state index contributed by atoms with van der Waals surface area (Å²) in [6.45, 7) is 5.60. The zero-order chi connectivity index (χ0) is 16.7. The van der Waals surface area contributed by atoms with E-state index < -0.39 is 0 Å². The van der Waals surface area contributed by atoms with Crippen LogP contribution in [0.1, 0.15) is 41.3 Å². The van der Waals surface area contributed by atoms with Crippen LogP contribution >= 0.6 is 0 Å². The summed E-state index contributed by atoms with van der Waals surface area (Å²) in [5.74, 6) is 0.491. The highest BCUT2D eigenvalue weighted by Gasteiger charge is 2.09. The van der Waals surface area contributed by atoms with Crippen molar-refractivity contribution in [2.45, 2.75) is 33.2 Å². The molecule has 23 heavy (non-hydrogen) atoms. The maximum Gasteiger partial charge on any atom is 0.254 e. The molecule has 5 nitrogen and oxygen atoms in total. The molecular weight excluding hydrogens is 288 g/mol. The Morgan fingerprint density at radius 3 is 2.57 bits per heavy atom. The molecule has 0 fully saturated rings. The Kier molecular flexibility index (Phi) is 6.09. The predicted molar refractivity (Wildman–Crippen MR) is 92.6 cm³/mol. The van der Waals surface area contributed by atoms with Crippen LogP contribution in [-0.2, 0) is 6.54 Å². The van der Waals surface area contributed by atoms with E-state index in [1.807, 2.05) is 43.1 Å². The molecule has 0 spiro atoms. The first-order chi connectivity index (χ1) is 11.1. The van der Waals surface area contributed by atoms with E-state index in [2.05, 4.69) is 22.2 Å². The fraction of sp³-hybridized carbons (Fsp3) is 0.389. The number of rotatable bonds is 7. The molecule has 0 saturated heterocycles. The minimum Gasteiger partial charge on any atom is -0.348 e. The Labute approximate surface area is 137 Å². The van der Waals surface area contributed by atoms with E-state index in [0.29, 0.717) is 18.1 Å². The summed E-state index contributed by atoms with van der Waals surface area (Å²) in [6.07, 6.45) is 5.39. The first-order valence-electron chi connectivity index (χ1n) is 7.97. The first-order valence-corrected chi connectivity index (χ1v) is 7.97. The zero-order valence-electron chi connectivity index (χ0n) is 14.0. The lowest BCUT2D eigenvalue weighted by molar-refractivity contribution is 0.0950. The van der Waals surface area contributed by atoms with Crippen LogP contribution in [0.15, 0.2) is 36.7 Å². The molecule has 2 aromatic rings. The highest BCUT2D eigenvalue weighted by Crippen LogP contribution is 2.08. The standard InChI is InChI=1S/C18H24N4O/c1-4-5-10-22(3)18-20-12-16(13-21-18)17(23)19-11-15-9-7-6-8-14(15)2/h6-9,12-13H,4-5,10-11H2,1-3H3,(H,19,23). The number of aromatic nitrogens is 2. The van der Waals surface area contributed by atoms with Crippen molar-refractivity contribution in [3.05, 3.63) is 53.3 Å². The molecule has 122 valence electrons. The van der Waals surface area contributed by atoms with Gasteiger partial charge in [0.1, 0.15) is 0 Å². The van der Waals surface area contributed by atoms with Crippen molar-refractivity contribution in [3.63, 3.8) is 0 Å². The number of carbonyl (C=O) groups is 1. The topological polar surface area (TPSA) is 58.1 Å². The van der Waals surface area contributed by atoms with Crippen LogP contribution < -0.4 is 10.2 Å². The van der Waals surface area contributed by atoms with Crippen molar-refractivity contribution in [2.75, 3.05) is 18.5 Å². The molecule has 0 aliphatic carbocycles. The first kappa shape index (κ1) is 16.9. The Balaban J connectivity index is 1.94. The van der Waals surface area contributed by atoms with E-state index >= 15 is 0 Å². The molecule has 1 heterocycles. The molecule has 0 saturated carbocycles. The number of hydrogen-bond donors (Lipinski definition) is 1. The third-order valence-electron chi connectivity index (χ3n) is 3.79. The molecule has 0 bridgehead atoms. The molecule has 5 heteroatoms. The molecular formula is C18H24N4O. The Bertz CT molecular complexity index is 640. The van der Waals surface area contributed by atoms with Crippen LogP contribution in [0.25, 0.3) is 0 Å².